The maximum absolute atomic E-state index is 13.9. The highest BCUT2D eigenvalue weighted by Gasteiger charge is 2.19. The molecular weight excluding hydrogens is 445 g/mol. The van der Waals surface area contributed by atoms with Crippen LogP contribution in [0.15, 0.2) is 46.4 Å². The summed E-state index contributed by atoms with van der Waals surface area (Å²) in [5, 5.41) is 0.163. The van der Waals surface area contributed by atoms with E-state index in [-0.39, 0.29) is 16.6 Å². The van der Waals surface area contributed by atoms with Gasteiger partial charge in [0.2, 0.25) is 0 Å². The summed E-state index contributed by atoms with van der Waals surface area (Å²) in [5.74, 6) is -0.294. The highest BCUT2D eigenvalue weighted by atomic mass is 35.5. The number of nitrogens with one attached hydrogen (secondary N) is 1. The van der Waals surface area contributed by atoms with Crippen molar-refractivity contribution in [3.63, 3.8) is 0 Å². The van der Waals surface area contributed by atoms with Gasteiger partial charge in [-0.2, -0.15) is 0 Å². The molecule has 0 unspecified atom stereocenters. The lowest BCUT2D eigenvalue weighted by atomic mass is 10.1. The fourth-order valence-electron chi connectivity index (χ4n) is 3.45. The zero-order valence-corrected chi connectivity index (χ0v) is 17.7. The smallest absolute Gasteiger partial charge is 0.334 e. The van der Waals surface area contributed by atoms with Crippen LogP contribution in [0.2, 0.25) is 5.02 Å². The van der Waals surface area contributed by atoms with Crippen molar-refractivity contribution in [2.24, 2.45) is 0 Å². The number of fused-ring (bicyclic) bond motifs is 2. The lowest BCUT2D eigenvalue weighted by molar-refractivity contribution is 0.387. The fourth-order valence-corrected chi connectivity index (χ4v) is 4.84. The van der Waals surface area contributed by atoms with Crippen LogP contribution < -0.4 is 16.0 Å². The molecule has 31 heavy (non-hydrogen) atoms. The van der Waals surface area contributed by atoms with E-state index in [0.29, 0.717) is 26.3 Å². The van der Waals surface area contributed by atoms with E-state index in [1.54, 1.807) is 22.9 Å². The summed E-state index contributed by atoms with van der Waals surface area (Å²) in [6.07, 6.45) is 4.60. The first kappa shape index (κ1) is 19.5. The van der Waals surface area contributed by atoms with Crippen molar-refractivity contribution in [1.82, 2.24) is 23.9 Å². The Morgan fingerprint density at radius 1 is 1.19 bits per heavy atom. The van der Waals surface area contributed by atoms with E-state index in [1.807, 2.05) is 6.92 Å². The Hall–Kier alpha value is -3.50. The summed E-state index contributed by atoms with van der Waals surface area (Å²) in [4.78, 5) is 37.8. The van der Waals surface area contributed by atoms with Crippen molar-refractivity contribution >= 4 is 38.8 Å². The van der Waals surface area contributed by atoms with Gasteiger partial charge in [-0.3, -0.25) is 14.2 Å². The van der Waals surface area contributed by atoms with Crippen molar-refractivity contribution in [1.29, 1.82) is 0 Å². The molecule has 156 valence electrons. The molecule has 0 fully saturated rings. The number of methoxy groups -OCH3 is 1. The number of aromatic nitrogens is 5. The van der Waals surface area contributed by atoms with Crippen LogP contribution in [-0.2, 0) is 0 Å². The van der Waals surface area contributed by atoms with Crippen molar-refractivity contribution < 1.29 is 9.13 Å². The standard InChI is InChI=1S/C20H13ClFN5O3S/c1-9-6-24-16-7-23-8-17(26(9)16)27-19(28)18-13(25-20(27)29)5-15(31-18)10-3-14(30-2)12(22)4-11(10)21/h3-8H,1-2H3,(H,25,29). The maximum atomic E-state index is 13.9. The Kier molecular flexibility index (Phi) is 4.42. The van der Waals surface area contributed by atoms with E-state index in [2.05, 4.69) is 15.0 Å². The molecule has 4 aromatic heterocycles. The van der Waals surface area contributed by atoms with E-state index < -0.39 is 17.1 Å². The van der Waals surface area contributed by atoms with Crippen molar-refractivity contribution in [2.45, 2.75) is 6.92 Å². The highest BCUT2D eigenvalue weighted by Crippen LogP contribution is 2.38. The van der Waals surface area contributed by atoms with Crippen LogP contribution in [-0.4, -0.2) is 31.0 Å². The van der Waals surface area contributed by atoms with Crippen LogP contribution in [0, 0.1) is 12.7 Å². The number of H-pyrrole nitrogens is 1. The number of aromatic amines is 1. The molecule has 0 amide bonds. The first-order valence-corrected chi connectivity index (χ1v) is 10.2. The third kappa shape index (κ3) is 2.94. The van der Waals surface area contributed by atoms with E-state index in [4.69, 9.17) is 16.3 Å². The van der Waals surface area contributed by atoms with Crippen LogP contribution in [0.5, 0.6) is 5.75 Å². The molecule has 0 saturated carbocycles. The Morgan fingerprint density at radius 2 is 2.00 bits per heavy atom. The molecule has 0 aliphatic rings. The van der Waals surface area contributed by atoms with Gasteiger partial charge in [-0.1, -0.05) is 11.6 Å². The second kappa shape index (κ2) is 7.03. The molecular formula is C20H13ClFN5O3S. The molecule has 0 aliphatic heterocycles. The van der Waals surface area contributed by atoms with Gasteiger partial charge in [-0.25, -0.2) is 18.7 Å². The van der Waals surface area contributed by atoms with E-state index in [0.717, 1.165) is 27.7 Å². The number of hydrogen-bond acceptors (Lipinski definition) is 6. The van der Waals surface area contributed by atoms with E-state index in [9.17, 15) is 14.0 Å². The average molecular weight is 458 g/mol. The summed E-state index contributed by atoms with van der Waals surface area (Å²) >= 11 is 7.36. The van der Waals surface area contributed by atoms with Crippen LogP contribution in [0.25, 0.3) is 32.1 Å². The molecule has 0 spiro atoms. The second-order valence-electron chi connectivity index (χ2n) is 6.75. The minimum absolute atomic E-state index is 0.0242. The predicted molar refractivity (Wildman–Crippen MR) is 116 cm³/mol. The van der Waals surface area contributed by atoms with Crippen LogP contribution >= 0.6 is 22.9 Å². The SMILES string of the molecule is COc1cc(-c2cc3[nH]c(=O)n(-c4cncc5ncc(C)n45)c(=O)c3s2)c(Cl)cc1F. The van der Waals surface area contributed by atoms with Gasteiger partial charge in [0.05, 0.1) is 30.0 Å². The normalized spacial score (nSPS) is 11.5. The molecule has 11 heteroatoms. The quantitative estimate of drug-likeness (QED) is 0.447. The Labute approximate surface area is 182 Å². The summed E-state index contributed by atoms with van der Waals surface area (Å²) in [6, 6.07) is 4.24. The van der Waals surface area contributed by atoms with Crippen molar-refractivity contribution in [3.05, 3.63) is 74.2 Å². The number of thiophene rings is 1. The molecule has 8 nitrogen and oxygen atoms in total. The van der Waals surface area contributed by atoms with Gasteiger partial charge < -0.3 is 9.72 Å². The van der Waals surface area contributed by atoms with Crippen LogP contribution in [0.3, 0.4) is 0 Å². The van der Waals surface area contributed by atoms with E-state index >= 15 is 0 Å². The lowest BCUT2D eigenvalue weighted by Crippen LogP contribution is -2.34. The number of imidazole rings is 1. The van der Waals surface area contributed by atoms with Crippen LogP contribution in [0.1, 0.15) is 5.69 Å². The number of ether oxygens (including phenoxy) is 1. The zero-order valence-electron chi connectivity index (χ0n) is 16.1. The molecule has 1 N–H and O–H groups in total. The topological polar surface area (TPSA) is 94.3 Å². The summed E-state index contributed by atoms with van der Waals surface area (Å²) < 4.78 is 22.0. The first-order valence-electron chi connectivity index (χ1n) is 8.99. The minimum Gasteiger partial charge on any atom is -0.494 e. The maximum Gasteiger partial charge on any atom is 0.334 e. The molecule has 0 radical (unpaired) electrons. The molecule has 5 aromatic rings. The third-order valence-corrected chi connectivity index (χ3v) is 6.35. The van der Waals surface area contributed by atoms with Gasteiger partial charge in [0.1, 0.15) is 10.5 Å². The van der Waals surface area contributed by atoms with Crippen LogP contribution in [0.4, 0.5) is 4.39 Å². The fraction of sp³-hybridized carbons (Fsp3) is 0.100. The minimum atomic E-state index is -0.618. The van der Waals surface area contributed by atoms with Gasteiger partial charge in [0.25, 0.3) is 5.56 Å². The van der Waals surface area contributed by atoms with Gasteiger partial charge in [-0.15, -0.1) is 11.3 Å². The molecule has 0 saturated heterocycles. The summed E-state index contributed by atoms with van der Waals surface area (Å²) in [7, 11) is 1.35. The van der Waals surface area contributed by atoms with Gasteiger partial charge in [0, 0.05) is 22.3 Å². The average Bonchev–Trinajstić information content (AvgIpc) is 3.32. The number of halogens is 2. The predicted octanol–water partition coefficient (Wildman–Crippen LogP) is 3.56. The number of aryl methyl sites for hydroxylation is 1. The number of benzene rings is 1. The molecule has 0 aliphatic carbocycles. The third-order valence-electron chi connectivity index (χ3n) is 4.88. The highest BCUT2D eigenvalue weighted by molar-refractivity contribution is 7.22. The first-order chi connectivity index (χ1) is 14.9. The summed E-state index contributed by atoms with van der Waals surface area (Å²) in [6.45, 7) is 1.81. The molecule has 5 rings (SSSR count). The summed E-state index contributed by atoms with van der Waals surface area (Å²) in [5.41, 5.74) is 0.971. The number of nitrogens with zero attached hydrogens (tertiary/aromatic N) is 4. The number of hydrogen-bond donors (Lipinski definition) is 1. The Morgan fingerprint density at radius 3 is 2.77 bits per heavy atom. The van der Waals surface area contributed by atoms with Gasteiger partial charge in [0.15, 0.2) is 17.2 Å². The largest absolute Gasteiger partial charge is 0.494 e. The zero-order chi connectivity index (χ0) is 21.9. The van der Waals surface area contributed by atoms with Crippen molar-refractivity contribution in [3.8, 4) is 22.0 Å². The van der Waals surface area contributed by atoms with Gasteiger partial charge in [-0.05, 0) is 25.1 Å². The lowest BCUT2D eigenvalue weighted by Gasteiger charge is -2.08. The van der Waals surface area contributed by atoms with E-state index in [1.165, 1.54) is 19.4 Å². The molecule has 4 heterocycles. The molecule has 0 atom stereocenters. The molecule has 0 bridgehead atoms. The van der Waals surface area contributed by atoms with Gasteiger partial charge >= 0.3 is 5.69 Å². The molecule has 1 aromatic carbocycles. The monoisotopic (exact) mass is 457 g/mol. The van der Waals surface area contributed by atoms with Crippen molar-refractivity contribution in [2.75, 3.05) is 7.11 Å². The Bertz CT molecular complexity index is 1620. The Balaban J connectivity index is 1.78. The number of rotatable bonds is 3. The second-order valence-corrected chi connectivity index (χ2v) is 8.21.